The van der Waals surface area contributed by atoms with Crippen molar-refractivity contribution in [3.8, 4) is 52.4 Å². The minimum Gasteiger partial charge on any atom is -0.428 e. The summed E-state index contributed by atoms with van der Waals surface area (Å²) in [4.78, 5) is 87.3. The summed E-state index contributed by atoms with van der Waals surface area (Å²) < 4.78 is 50.6. The van der Waals surface area contributed by atoms with Gasteiger partial charge < -0.3 is 33.2 Å². The van der Waals surface area contributed by atoms with Gasteiger partial charge in [-0.05, 0) is 113 Å². The lowest BCUT2D eigenvalue weighted by molar-refractivity contribution is -0.134. The SMILES string of the molecule is C=C(C)C(=O)OC(=O)Oc1cc(C#Cc2ccc(C(=O)O/C(C)=C/c3ccc(OC(=O)C(=C)C)cc3)cc2OC(=O)C(=C)F)cc(OC(=O)C(=C)C)c1C#Cc1ccc(OC(=O)C(=C)C)cc1. The van der Waals surface area contributed by atoms with Crippen LogP contribution in [0.5, 0.6) is 28.7 Å². The summed E-state index contributed by atoms with van der Waals surface area (Å²) >= 11 is 0. The molecule has 0 heterocycles. The Morgan fingerprint density at radius 2 is 0.985 bits per heavy atom. The Hall–Kier alpha value is -9.34. The molecular formula is C52H39FO14. The van der Waals surface area contributed by atoms with Crippen LogP contribution in [0.25, 0.3) is 6.08 Å². The highest BCUT2D eigenvalue weighted by Gasteiger charge is 2.22. The maximum atomic E-state index is 13.9. The van der Waals surface area contributed by atoms with Gasteiger partial charge in [-0.2, -0.15) is 4.39 Å². The third kappa shape index (κ3) is 15.2. The quantitative estimate of drug-likeness (QED) is 0.0235. The van der Waals surface area contributed by atoms with Gasteiger partial charge in [-0.15, -0.1) is 0 Å². The lowest BCUT2D eigenvalue weighted by Crippen LogP contribution is -2.17. The van der Waals surface area contributed by atoms with Gasteiger partial charge in [0.25, 0.3) is 0 Å². The molecular weight excluding hydrogens is 868 g/mol. The number of carbonyl (C=O) groups is 7. The molecule has 14 nitrogen and oxygen atoms in total. The molecule has 15 heteroatoms. The standard InChI is InChI=1S/C52H39FO14/c1-29(2)46(54)62-40-20-12-35(13-21-40)16-24-42-44(65-48(56)31(5)6)26-37(27-45(42)66-52(60)67-49(57)32(7)8)11-17-38-18-19-39(28-43(38)64-50(58)34(10)53)51(59)61-33(9)25-36-14-22-41(23-15-36)63-47(55)30(3)4/h12-15,18-23,25-28H,1,3,5,7,10H2,2,4,6,8-9H3/b33-25+. The predicted molar refractivity (Wildman–Crippen MR) is 241 cm³/mol. The second kappa shape index (κ2) is 22.8. The first-order valence-corrected chi connectivity index (χ1v) is 19.4. The van der Waals surface area contributed by atoms with E-state index in [1.165, 1.54) is 101 Å². The fourth-order valence-electron chi connectivity index (χ4n) is 4.77. The molecule has 0 aliphatic heterocycles. The molecule has 0 saturated carbocycles. The van der Waals surface area contributed by atoms with Crippen molar-refractivity contribution >= 4 is 48.0 Å². The zero-order chi connectivity index (χ0) is 49.5. The van der Waals surface area contributed by atoms with Crippen molar-refractivity contribution in [2.75, 3.05) is 0 Å². The molecule has 4 aromatic carbocycles. The topological polar surface area (TPSA) is 184 Å². The highest BCUT2D eigenvalue weighted by atomic mass is 19.1. The smallest absolute Gasteiger partial charge is 0.428 e. The van der Waals surface area contributed by atoms with Gasteiger partial charge in [-0.25, -0.2) is 33.6 Å². The van der Waals surface area contributed by atoms with Crippen LogP contribution >= 0.6 is 0 Å². The van der Waals surface area contributed by atoms with Crippen LogP contribution in [-0.2, 0) is 33.4 Å². The fraction of sp³-hybridized carbons (Fsp3) is 0.0962. The molecule has 0 aliphatic rings. The molecule has 0 saturated heterocycles. The highest BCUT2D eigenvalue weighted by Crippen LogP contribution is 2.32. The number of ether oxygens (including phenoxy) is 7. The summed E-state index contributed by atoms with van der Waals surface area (Å²) in [7, 11) is 0. The minimum absolute atomic E-state index is 0.0353. The zero-order valence-corrected chi connectivity index (χ0v) is 36.7. The number of hydrogen-bond donors (Lipinski definition) is 0. The molecule has 0 aromatic heterocycles. The van der Waals surface area contributed by atoms with E-state index in [-0.39, 0.29) is 67.6 Å². The van der Waals surface area contributed by atoms with Gasteiger partial charge in [-0.1, -0.05) is 68.7 Å². The third-order valence-corrected chi connectivity index (χ3v) is 8.13. The molecule has 0 aliphatic carbocycles. The second-order valence-electron chi connectivity index (χ2n) is 14.1. The predicted octanol–water partition coefficient (Wildman–Crippen LogP) is 9.16. The van der Waals surface area contributed by atoms with Gasteiger partial charge >= 0.3 is 42.0 Å². The van der Waals surface area contributed by atoms with Crippen LogP contribution in [0.15, 0.2) is 146 Å². The third-order valence-electron chi connectivity index (χ3n) is 8.13. The molecule has 4 aromatic rings. The van der Waals surface area contributed by atoms with E-state index in [2.05, 4.69) is 56.6 Å². The van der Waals surface area contributed by atoms with E-state index in [0.717, 1.165) is 6.07 Å². The first-order chi connectivity index (χ1) is 31.6. The van der Waals surface area contributed by atoms with Crippen molar-refractivity contribution in [1.29, 1.82) is 0 Å². The Balaban J connectivity index is 1.77. The number of allylic oxidation sites excluding steroid dienone is 1. The average Bonchev–Trinajstić information content (AvgIpc) is 3.26. The molecule has 338 valence electrons. The summed E-state index contributed by atoms with van der Waals surface area (Å²) in [5.41, 5.74) is 0.703. The van der Waals surface area contributed by atoms with Crippen molar-refractivity contribution in [3.05, 3.63) is 179 Å². The second-order valence-corrected chi connectivity index (χ2v) is 14.1. The fourth-order valence-corrected chi connectivity index (χ4v) is 4.77. The Kier molecular flexibility index (Phi) is 17.2. The van der Waals surface area contributed by atoms with Gasteiger partial charge in [-0.3, -0.25) is 0 Å². The minimum atomic E-state index is -1.52. The highest BCUT2D eigenvalue weighted by molar-refractivity contribution is 5.95. The van der Waals surface area contributed by atoms with Gasteiger partial charge in [0.15, 0.2) is 11.5 Å². The molecule has 0 N–H and O–H groups in total. The van der Waals surface area contributed by atoms with Crippen LogP contribution < -0.4 is 23.7 Å². The largest absolute Gasteiger partial charge is 0.522 e. The molecule has 0 bridgehead atoms. The van der Waals surface area contributed by atoms with Gasteiger partial charge in [0.2, 0.25) is 5.83 Å². The molecule has 67 heavy (non-hydrogen) atoms. The van der Waals surface area contributed by atoms with Crippen LogP contribution in [0, 0.1) is 23.7 Å². The monoisotopic (exact) mass is 906 g/mol. The van der Waals surface area contributed by atoms with E-state index in [9.17, 15) is 38.0 Å². The Morgan fingerprint density at radius 3 is 1.52 bits per heavy atom. The maximum absolute atomic E-state index is 13.9. The average molecular weight is 907 g/mol. The molecule has 4 rings (SSSR count). The molecule has 0 spiro atoms. The molecule has 0 amide bonds. The molecule has 0 fully saturated rings. The first kappa shape index (κ1) is 50.3. The number of halogens is 1. The Morgan fingerprint density at radius 1 is 0.493 bits per heavy atom. The Bertz CT molecular complexity index is 2950. The van der Waals surface area contributed by atoms with E-state index in [1.807, 2.05) is 0 Å². The number of esters is 6. The van der Waals surface area contributed by atoms with E-state index in [0.29, 0.717) is 11.1 Å². The van der Waals surface area contributed by atoms with Crippen LogP contribution in [0.2, 0.25) is 0 Å². The van der Waals surface area contributed by atoms with Crippen molar-refractivity contribution in [2.24, 2.45) is 0 Å². The van der Waals surface area contributed by atoms with Crippen molar-refractivity contribution in [2.45, 2.75) is 34.6 Å². The normalized spacial score (nSPS) is 10.2. The number of benzene rings is 4. The first-order valence-electron chi connectivity index (χ1n) is 19.4. The lowest BCUT2D eigenvalue weighted by atomic mass is 10.1. The van der Waals surface area contributed by atoms with Gasteiger partial charge in [0.05, 0.1) is 11.1 Å². The van der Waals surface area contributed by atoms with Crippen LogP contribution in [0.1, 0.15) is 72.8 Å². The number of hydrogen-bond acceptors (Lipinski definition) is 14. The van der Waals surface area contributed by atoms with E-state index < -0.39 is 59.3 Å². The van der Waals surface area contributed by atoms with Crippen molar-refractivity contribution < 1.29 is 71.1 Å². The van der Waals surface area contributed by atoms with Crippen LogP contribution in [0.4, 0.5) is 9.18 Å². The molecule has 0 radical (unpaired) electrons. The van der Waals surface area contributed by atoms with Crippen molar-refractivity contribution in [3.63, 3.8) is 0 Å². The summed E-state index contributed by atoms with van der Waals surface area (Å²) in [5.74, 6) is 3.39. The summed E-state index contributed by atoms with van der Waals surface area (Å²) in [5, 5.41) is 0. The maximum Gasteiger partial charge on any atom is 0.522 e. The van der Waals surface area contributed by atoms with Crippen LogP contribution in [0.3, 0.4) is 0 Å². The van der Waals surface area contributed by atoms with E-state index in [4.69, 9.17) is 33.2 Å². The van der Waals surface area contributed by atoms with Crippen LogP contribution in [-0.4, -0.2) is 42.0 Å². The van der Waals surface area contributed by atoms with E-state index >= 15 is 0 Å². The Labute approximate surface area is 384 Å². The summed E-state index contributed by atoms with van der Waals surface area (Å²) in [6.07, 6.45) is 0.00311. The molecule has 0 unspecified atom stereocenters. The molecule has 0 atom stereocenters. The number of rotatable bonds is 13. The number of carbonyl (C=O) groups excluding carboxylic acids is 7. The lowest BCUT2D eigenvalue weighted by Gasteiger charge is -2.12. The van der Waals surface area contributed by atoms with Crippen molar-refractivity contribution in [1.82, 2.24) is 0 Å². The summed E-state index contributed by atoms with van der Waals surface area (Å²) in [6.45, 7) is 24.2. The van der Waals surface area contributed by atoms with Gasteiger partial charge in [0.1, 0.15) is 28.6 Å². The van der Waals surface area contributed by atoms with Gasteiger partial charge in [0, 0.05) is 33.4 Å². The van der Waals surface area contributed by atoms with E-state index in [1.54, 1.807) is 12.1 Å². The zero-order valence-electron chi connectivity index (χ0n) is 36.7. The summed E-state index contributed by atoms with van der Waals surface area (Å²) in [6, 6.07) is 18.3.